The molecule has 1 saturated heterocycles. The molecule has 0 atom stereocenters. The van der Waals surface area contributed by atoms with E-state index in [0.717, 1.165) is 18.4 Å². The Morgan fingerprint density at radius 2 is 1.79 bits per heavy atom. The van der Waals surface area contributed by atoms with Crippen LogP contribution in [0.1, 0.15) is 62.1 Å². The van der Waals surface area contributed by atoms with Gasteiger partial charge in [0.25, 0.3) is 5.89 Å². The fraction of sp³-hybridized carbons (Fsp3) is 0.519. The third-order valence-electron chi connectivity index (χ3n) is 7.64. The van der Waals surface area contributed by atoms with Crippen molar-refractivity contribution in [2.75, 3.05) is 17.4 Å². The molecule has 0 N–H and O–H groups in total. The standard InChI is InChI=1S/C27H32F3N5O3S/c1-18-3-2-4-23(15-18)35(17-21-8-5-19(16-31-21)26-32-33-27(38-26)25(29)30)39(36,37)24-11-13-34(14-12-24)22-9-6-20(28)7-10-22/h2-5,8,15-16,20,22,24-25H,6-7,9-14,17H2,1H3/t20-,22+. The lowest BCUT2D eigenvalue weighted by atomic mass is 9.91. The Bertz CT molecular complexity index is 1350. The van der Waals surface area contributed by atoms with E-state index in [-0.39, 0.29) is 12.4 Å². The fourth-order valence-electron chi connectivity index (χ4n) is 5.46. The third-order valence-corrected chi connectivity index (χ3v) is 9.91. The van der Waals surface area contributed by atoms with Gasteiger partial charge < -0.3 is 9.32 Å². The number of aromatic nitrogens is 3. The van der Waals surface area contributed by atoms with E-state index in [1.54, 1.807) is 18.2 Å². The smallest absolute Gasteiger partial charge is 0.314 e. The normalized spacial score (nSPS) is 21.4. The Balaban J connectivity index is 1.33. The van der Waals surface area contributed by atoms with E-state index in [0.29, 0.717) is 61.8 Å². The van der Waals surface area contributed by atoms with Gasteiger partial charge in [0.05, 0.1) is 28.7 Å². The maximum absolute atomic E-state index is 14.0. The first-order chi connectivity index (χ1) is 18.7. The molecular weight excluding hydrogens is 531 g/mol. The van der Waals surface area contributed by atoms with Crippen molar-refractivity contribution in [2.45, 2.75) is 75.9 Å². The lowest BCUT2D eigenvalue weighted by Gasteiger charge is -2.40. The number of halogens is 3. The summed E-state index contributed by atoms with van der Waals surface area (Å²) >= 11 is 0. The number of benzene rings is 1. The third kappa shape index (κ3) is 6.27. The minimum atomic E-state index is -3.74. The zero-order chi connectivity index (χ0) is 27.6. The Morgan fingerprint density at radius 1 is 1.05 bits per heavy atom. The lowest BCUT2D eigenvalue weighted by Crippen LogP contribution is -2.49. The minimum absolute atomic E-state index is 0.0128. The second-order valence-corrected chi connectivity index (χ2v) is 12.5. The number of sulfonamides is 1. The van der Waals surface area contributed by atoms with Crippen LogP contribution in [0, 0.1) is 6.92 Å². The van der Waals surface area contributed by atoms with Gasteiger partial charge in [-0.1, -0.05) is 12.1 Å². The van der Waals surface area contributed by atoms with E-state index >= 15 is 0 Å². The molecule has 5 rings (SSSR count). The number of hydrogen-bond donors (Lipinski definition) is 0. The summed E-state index contributed by atoms with van der Waals surface area (Å²) in [6.45, 7) is 3.26. The Kier molecular flexibility index (Phi) is 8.22. The highest BCUT2D eigenvalue weighted by Gasteiger charge is 2.37. The van der Waals surface area contributed by atoms with Crippen molar-refractivity contribution in [3.8, 4) is 11.5 Å². The number of pyridine rings is 1. The summed E-state index contributed by atoms with van der Waals surface area (Å²) in [5.74, 6) is -0.855. The van der Waals surface area contributed by atoms with Gasteiger partial charge in [-0.3, -0.25) is 9.29 Å². The second-order valence-electron chi connectivity index (χ2n) is 10.3. The van der Waals surface area contributed by atoms with Crippen LogP contribution in [0.4, 0.5) is 18.9 Å². The molecule has 0 amide bonds. The van der Waals surface area contributed by atoms with Crippen molar-refractivity contribution >= 4 is 15.7 Å². The first-order valence-corrected chi connectivity index (χ1v) is 14.7. The quantitative estimate of drug-likeness (QED) is 0.359. The predicted molar refractivity (Wildman–Crippen MR) is 141 cm³/mol. The molecule has 0 unspecified atom stereocenters. The predicted octanol–water partition coefficient (Wildman–Crippen LogP) is 5.46. The molecule has 2 aliphatic rings. The molecule has 1 saturated carbocycles. The zero-order valence-electron chi connectivity index (χ0n) is 21.7. The van der Waals surface area contributed by atoms with E-state index in [9.17, 15) is 21.6 Å². The van der Waals surface area contributed by atoms with Gasteiger partial charge in [-0.05, 0) is 88.4 Å². The summed E-state index contributed by atoms with van der Waals surface area (Å²) in [4.78, 5) is 6.70. The molecule has 0 spiro atoms. The molecule has 2 aromatic heterocycles. The van der Waals surface area contributed by atoms with Gasteiger partial charge in [-0.15, -0.1) is 10.2 Å². The molecule has 0 radical (unpaired) electrons. The summed E-state index contributed by atoms with van der Waals surface area (Å²) in [7, 11) is -3.74. The maximum Gasteiger partial charge on any atom is 0.314 e. The van der Waals surface area contributed by atoms with Gasteiger partial charge >= 0.3 is 6.43 Å². The summed E-state index contributed by atoms with van der Waals surface area (Å²) < 4.78 is 73.6. The summed E-state index contributed by atoms with van der Waals surface area (Å²) in [5, 5.41) is 6.42. The SMILES string of the molecule is Cc1cccc(N(Cc2ccc(-c3nnc(C(F)F)o3)cn2)S(=O)(=O)C2CCN([C@H]3CC[C@@H](F)CC3)CC2)c1. The molecule has 1 aromatic carbocycles. The van der Waals surface area contributed by atoms with Crippen LogP contribution in [0.5, 0.6) is 0 Å². The molecule has 3 heterocycles. The van der Waals surface area contributed by atoms with Crippen LogP contribution in [-0.4, -0.2) is 59.1 Å². The molecule has 1 aliphatic heterocycles. The van der Waals surface area contributed by atoms with Gasteiger partial charge in [0, 0.05) is 12.2 Å². The first-order valence-electron chi connectivity index (χ1n) is 13.2. The summed E-state index contributed by atoms with van der Waals surface area (Å²) in [5.41, 5.74) is 2.33. The molecule has 1 aliphatic carbocycles. The van der Waals surface area contributed by atoms with E-state index in [1.807, 2.05) is 25.1 Å². The number of hydrogen-bond acceptors (Lipinski definition) is 7. The Morgan fingerprint density at radius 3 is 2.41 bits per heavy atom. The van der Waals surface area contributed by atoms with Gasteiger partial charge in [0.1, 0.15) is 6.17 Å². The highest BCUT2D eigenvalue weighted by molar-refractivity contribution is 7.93. The molecule has 0 bridgehead atoms. The van der Waals surface area contributed by atoms with Crippen molar-refractivity contribution in [1.82, 2.24) is 20.1 Å². The number of aryl methyl sites for hydroxylation is 1. The molecule has 210 valence electrons. The van der Waals surface area contributed by atoms with Gasteiger partial charge in [-0.2, -0.15) is 8.78 Å². The van der Waals surface area contributed by atoms with Gasteiger partial charge in [0.15, 0.2) is 0 Å². The largest absolute Gasteiger partial charge is 0.415 e. The Hall–Kier alpha value is -2.99. The minimum Gasteiger partial charge on any atom is -0.415 e. The number of anilines is 1. The van der Waals surface area contributed by atoms with E-state index in [4.69, 9.17) is 4.42 Å². The van der Waals surface area contributed by atoms with Crippen LogP contribution in [-0.2, 0) is 16.6 Å². The molecule has 2 fully saturated rings. The zero-order valence-corrected chi connectivity index (χ0v) is 22.5. The molecule has 8 nitrogen and oxygen atoms in total. The number of alkyl halides is 3. The topological polar surface area (TPSA) is 92.4 Å². The summed E-state index contributed by atoms with van der Waals surface area (Å²) in [6.07, 6.45) is 1.64. The molecule has 3 aromatic rings. The van der Waals surface area contributed by atoms with Crippen LogP contribution < -0.4 is 4.31 Å². The number of likely N-dealkylation sites (tertiary alicyclic amines) is 1. The average Bonchev–Trinajstić information content (AvgIpc) is 3.43. The molecule has 39 heavy (non-hydrogen) atoms. The van der Waals surface area contributed by atoms with E-state index in [2.05, 4.69) is 20.1 Å². The van der Waals surface area contributed by atoms with Gasteiger partial charge in [0.2, 0.25) is 15.9 Å². The first kappa shape index (κ1) is 27.6. The van der Waals surface area contributed by atoms with Crippen molar-refractivity contribution in [1.29, 1.82) is 0 Å². The average molecular weight is 564 g/mol. The summed E-state index contributed by atoms with van der Waals surface area (Å²) in [6, 6.07) is 10.9. The van der Waals surface area contributed by atoms with E-state index in [1.165, 1.54) is 10.5 Å². The monoisotopic (exact) mass is 563 g/mol. The number of nitrogens with zero attached hydrogens (tertiary/aromatic N) is 5. The maximum atomic E-state index is 14.0. The fourth-order valence-corrected chi connectivity index (χ4v) is 7.35. The molecular formula is C27H32F3N5O3S. The van der Waals surface area contributed by atoms with E-state index < -0.39 is 33.8 Å². The van der Waals surface area contributed by atoms with Crippen molar-refractivity contribution in [3.63, 3.8) is 0 Å². The van der Waals surface area contributed by atoms with Crippen molar-refractivity contribution in [2.24, 2.45) is 0 Å². The second kappa shape index (κ2) is 11.6. The van der Waals surface area contributed by atoms with Crippen LogP contribution in [0.3, 0.4) is 0 Å². The highest BCUT2D eigenvalue weighted by Crippen LogP contribution is 2.32. The number of piperidine rings is 1. The van der Waals surface area contributed by atoms with Gasteiger partial charge in [-0.25, -0.2) is 12.8 Å². The van der Waals surface area contributed by atoms with Crippen LogP contribution in [0.2, 0.25) is 0 Å². The van der Waals surface area contributed by atoms with Crippen molar-refractivity contribution < 1.29 is 26.0 Å². The Labute approximate surface area is 226 Å². The highest BCUT2D eigenvalue weighted by atomic mass is 32.2. The van der Waals surface area contributed by atoms with Crippen LogP contribution >= 0.6 is 0 Å². The molecule has 12 heteroatoms. The van der Waals surface area contributed by atoms with Crippen molar-refractivity contribution in [3.05, 3.63) is 59.7 Å². The lowest BCUT2D eigenvalue weighted by molar-refractivity contribution is 0.103. The van der Waals surface area contributed by atoms with Crippen LogP contribution in [0.25, 0.3) is 11.5 Å². The number of rotatable bonds is 8. The van der Waals surface area contributed by atoms with Crippen LogP contribution in [0.15, 0.2) is 47.0 Å².